The highest BCUT2D eigenvalue weighted by Crippen LogP contribution is 2.11. The van der Waals surface area contributed by atoms with Crippen molar-refractivity contribution in [1.82, 2.24) is 9.97 Å². The summed E-state index contributed by atoms with van der Waals surface area (Å²) in [5, 5.41) is 0. The van der Waals surface area contributed by atoms with Crippen LogP contribution in [0.2, 0.25) is 0 Å². The molecule has 0 saturated heterocycles. The zero-order valence-electron chi connectivity index (χ0n) is 5.69. The fourth-order valence-electron chi connectivity index (χ4n) is 0.796. The van der Waals surface area contributed by atoms with Gasteiger partial charge in [0.15, 0.2) is 0 Å². The van der Waals surface area contributed by atoms with Crippen LogP contribution in [-0.4, -0.2) is 9.97 Å². The molecule has 0 aliphatic heterocycles. The molecule has 53 valence electrons. The maximum Gasteiger partial charge on any atom is 0.244 e. The van der Waals surface area contributed by atoms with Gasteiger partial charge in [0.05, 0.1) is 6.20 Å². The van der Waals surface area contributed by atoms with Gasteiger partial charge < -0.3 is 4.42 Å². The lowest BCUT2D eigenvalue weighted by molar-refractivity contribution is 0.572. The van der Waals surface area contributed by atoms with Crippen LogP contribution in [0.4, 0.5) is 0 Å². The number of nitrogens with zero attached hydrogens (tertiary/aromatic N) is 2. The molecule has 0 fully saturated rings. The number of hydrogen-bond acceptors (Lipinski definition) is 3. The maximum absolute atomic E-state index is 5.03. The second-order valence-corrected chi connectivity index (χ2v) is 1.98. The molecule has 2 heterocycles. The lowest BCUT2D eigenvalue weighted by Gasteiger charge is -1.89. The lowest BCUT2D eigenvalue weighted by atomic mass is 10.3. The molecule has 0 unspecified atom stereocenters. The first-order valence-electron chi connectivity index (χ1n) is 3.19. The van der Waals surface area contributed by atoms with Crippen molar-refractivity contribution >= 4 is 0 Å². The van der Waals surface area contributed by atoms with E-state index in [1.807, 2.05) is 0 Å². The summed E-state index contributed by atoms with van der Waals surface area (Å²) in [7, 11) is 0. The van der Waals surface area contributed by atoms with E-state index in [9.17, 15) is 0 Å². The van der Waals surface area contributed by atoms with Crippen molar-refractivity contribution in [3.63, 3.8) is 0 Å². The largest absolute Gasteiger partial charge is 0.443 e. The van der Waals surface area contributed by atoms with Crippen molar-refractivity contribution in [3.8, 4) is 11.6 Å². The van der Waals surface area contributed by atoms with Gasteiger partial charge in [-0.2, -0.15) is 0 Å². The van der Waals surface area contributed by atoms with E-state index in [0.717, 1.165) is 5.69 Å². The first-order chi connectivity index (χ1) is 5.47. The Balaban J connectivity index is 2.46. The van der Waals surface area contributed by atoms with E-state index in [1.165, 1.54) is 6.26 Å². The van der Waals surface area contributed by atoms with E-state index in [2.05, 4.69) is 16.0 Å². The molecule has 0 aliphatic carbocycles. The number of oxazole rings is 1. The topological polar surface area (TPSA) is 38.9 Å². The van der Waals surface area contributed by atoms with Crippen molar-refractivity contribution in [2.75, 3.05) is 0 Å². The highest BCUT2D eigenvalue weighted by molar-refractivity contribution is 5.44. The van der Waals surface area contributed by atoms with Gasteiger partial charge in [-0.3, -0.25) is 4.98 Å². The number of rotatable bonds is 1. The molecule has 0 amide bonds. The Hall–Kier alpha value is -1.64. The monoisotopic (exact) mass is 145 g/mol. The van der Waals surface area contributed by atoms with Crippen LogP contribution in [0.3, 0.4) is 0 Å². The molecule has 3 heteroatoms. The summed E-state index contributed by atoms with van der Waals surface area (Å²) in [6.45, 7) is 0. The van der Waals surface area contributed by atoms with E-state index in [1.54, 1.807) is 24.5 Å². The average Bonchev–Trinajstić information content (AvgIpc) is 2.58. The Kier molecular flexibility index (Phi) is 1.41. The molecule has 0 saturated carbocycles. The molecule has 0 aromatic carbocycles. The molecule has 2 rings (SSSR count). The SMILES string of the molecule is [c]1ccc(-c2ncco2)nc1. The Labute approximate surface area is 63.7 Å². The van der Waals surface area contributed by atoms with Gasteiger partial charge in [-0.1, -0.05) is 6.07 Å². The molecule has 2 aromatic rings. The molecule has 0 spiro atoms. The summed E-state index contributed by atoms with van der Waals surface area (Å²) in [4.78, 5) is 7.95. The second-order valence-electron chi connectivity index (χ2n) is 1.98. The minimum Gasteiger partial charge on any atom is -0.443 e. The Bertz CT molecular complexity index is 315. The third-order valence-electron chi connectivity index (χ3n) is 1.27. The smallest absolute Gasteiger partial charge is 0.244 e. The van der Waals surface area contributed by atoms with Crippen molar-refractivity contribution in [2.24, 2.45) is 0 Å². The summed E-state index contributed by atoms with van der Waals surface area (Å²) in [6, 6.07) is 6.38. The third-order valence-corrected chi connectivity index (χ3v) is 1.27. The molecule has 1 radical (unpaired) electrons. The number of pyridine rings is 1. The highest BCUT2D eigenvalue weighted by atomic mass is 16.3. The maximum atomic E-state index is 5.03. The third kappa shape index (κ3) is 1.12. The minimum absolute atomic E-state index is 0.541. The van der Waals surface area contributed by atoms with Crippen molar-refractivity contribution < 1.29 is 4.42 Å². The average molecular weight is 145 g/mol. The van der Waals surface area contributed by atoms with Gasteiger partial charge >= 0.3 is 0 Å². The zero-order chi connectivity index (χ0) is 7.52. The van der Waals surface area contributed by atoms with Gasteiger partial charge in [-0.25, -0.2) is 4.98 Å². The summed E-state index contributed by atoms with van der Waals surface area (Å²) >= 11 is 0. The Morgan fingerprint density at radius 1 is 1.36 bits per heavy atom. The molecule has 11 heavy (non-hydrogen) atoms. The van der Waals surface area contributed by atoms with Crippen molar-refractivity contribution in [3.05, 3.63) is 36.9 Å². The first-order valence-corrected chi connectivity index (χ1v) is 3.19. The Morgan fingerprint density at radius 2 is 2.36 bits per heavy atom. The van der Waals surface area contributed by atoms with Gasteiger partial charge in [0.25, 0.3) is 0 Å². The van der Waals surface area contributed by atoms with Gasteiger partial charge in [0, 0.05) is 12.3 Å². The normalized spacial score (nSPS) is 9.82. The standard InChI is InChI=1S/C8H5N2O/c1-2-4-9-7(3-1)8-10-5-6-11-8/h1,3-6H. The van der Waals surface area contributed by atoms with E-state index < -0.39 is 0 Å². The molecule has 0 N–H and O–H groups in total. The van der Waals surface area contributed by atoms with Gasteiger partial charge in [0.2, 0.25) is 5.89 Å². The summed E-state index contributed by atoms with van der Waals surface area (Å²) in [5.74, 6) is 0.541. The fraction of sp³-hybridized carbons (Fsp3) is 0. The second kappa shape index (κ2) is 2.54. The van der Waals surface area contributed by atoms with Crippen molar-refractivity contribution in [2.45, 2.75) is 0 Å². The molecule has 2 aromatic heterocycles. The molecule has 0 aliphatic rings. The van der Waals surface area contributed by atoms with Gasteiger partial charge in [-0.15, -0.1) is 0 Å². The van der Waals surface area contributed by atoms with E-state index in [-0.39, 0.29) is 0 Å². The molecule has 0 bridgehead atoms. The van der Waals surface area contributed by atoms with Gasteiger partial charge in [-0.05, 0) is 6.07 Å². The van der Waals surface area contributed by atoms with E-state index >= 15 is 0 Å². The van der Waals surface area contributed by atoms with Crippen molar-refractivity contribution in [1.29, 1.82) is 0 Å². The Morgan fingerprint density at radius 3 is 3.00 bits per heavy atom. The van der Waals surface area contributed by atoms with Gasteiger partial charge in [0.1, 0.15) is 12.0 Å². The molecule has 0 atom stereocenters. The summed E-state index contributed by atoms with van der Waals surface area (Å²) in [5.41, 5.74) is 0.730. The first kappa shape index (κ1) is 6.09. The van der Waals surface area contributed by atoms with E-state index in [0.29, 0.717) is 5.89 Å². The predicted molar refractivity (Wildman–Crippen MR) is 38.6 cm³/mol. The quantitative estimate of drug-likeness (QED) is 0.610. The fourth-order valence-corrected chi connectivity index (χ4v) is 0.796. The van der Waals surface area contributed by atoms with Crippen LogP contribution in [0.5, 0.6) is 0 Å². The number of hydrogen-bond donors (Lipinski definition) is 0. The van der Waals surface area contributed by atoms with Crippen LogP contribution in [0.25, 0.3) is 11.6 Å². The van der Waals surface area contributed by atoms with Crippen LogP contribution in [0.15, 0.2) is 35.2 Å². The molecular formula is C8H5N2O. The number of aromatic nitrogens is 2. The molecular weight excluding hydrogens is 140 g/mol. The molecule has 3 nitrogen and oxygen atoms in total. The highest BCUT2D eigenvalue weighted by Gasteiger charge is 2.00. The van der Waals surface area contributed by atoms with Crippen LogP contribution < -0.4 is 0 Å². The summed E-state index contributed by atoms with van der Waals surface area (Å²) < 4.78 is 5.03. The summed E-state index contributed by atoms with van der Waals surface area (Å²) in [6.07, 6.45) is 4.70. The lowest BCUT2D eigenvalue weighted by Crippen LogP contribution is -1.79. The predicted octanol–water partition coefficient (Wildman–Crippen LogP) is 1.54. The van der Waals surface area contributed by atoms with E-state index in [4.69, 9.17) is 4.42 Å². The van der Waals surface area contributed by atoms with Crippen LogP contribution in [-0.2, 0) is 0 Å². The zero-order valence-corrected chi connectivity index (χ0v) is 5.69. The van der Waals surface area contributed by atoms with Crippen LogP contribution in [0, 0.1) is 6.07 Å². The van der Waals surface area contributed by atoms with Crippen LogP contribution >= 0.6 is 0 Å². The minimum atomic E-state index is 0.541. The van der Waals surface area contributed by atoms with Crippen LogP contribution in [0.1, 0.15) is 0 Å².